The van der Waals surface area contributed by atoms with Crippen molar-refractivity contribution in [2.45, 2.75) is 17.7 Å². The lowest BCUT2D eigenvalue weighted by molar-refractivity contribution is -0.137. The summed E-state index contributed by atoms with van der Waals surface area (Å²) in [5.41, 5.74) is 2.00. The molecule has 1 aromatic rings. The number of hydrogen-bond acceptors (Lipinski definition) is 5. The maximum atomic E-state index is 12.3. The van der Waals surface area contributed by atoms with E-state index in [0.29, 0.717) is 6.42 Å². The standard InChI is InChI=1S/C13H17NO4S/c1-14-13-10-6-4-3-5-9(10)7-11(13)19(16,17)8-12(15)18-2/h3-6,11,13-14H,7-8H2,1-2H3. The van der Waals surface area contributed by atoms with Crippen LogP contribution >= 0.6 is 0 Å². The van der Waals surface area contributed by atoms with Gasteiger partial charge in [0, 0.05) is 6.04 Å². The highest BCUT2D eigenvalue weighted by molar-refractivity contribution is 7.92. The van der Waals surface area contributed by atoms with E-state index in [1.165, 1.54) is 7.11 Å². The van der Waals surface area contributed by atoms with Crippen LogP contribution in [0.25, 0.3) is 0 Å². The molecule has 0 fully saturated rings. The number of benzene rings is 1. The number of ether oxygens (including phenoxy) is 1. The fraction of sp³-hybridized carbons (Fsp3) is 0.462. The van der Waals surface area contributed by atoms with Gasteiger partial charge in [-0.3, -0.25) is 4.79 Å². The van der Waals surface area contributed by atoms with Crippen molar-refractivity contribution < 1.29 is 17.9 Å². The van der Waals surface area contributed by atoms with Crippen LogP contribution in [0.4, 0.5) is 0 Å². The Morgan fingerprint density at radius 1 is 1.42 bits per heavy atom. The lowest BCUT2D eigenvalue weighted by atomic mass is 10.1. The summed E-state index contributed by atoms with van der Waals surface area (Å²) in [5, 5.41) is 2.42. The second-order valence-electron chi connectivity index (χ2n) is 4.59. The zero-order valence-electron chi connectivity index (χ0n) is 10.9. The minimum atomic E-state index is -3.54. The molecule has 19 heavy (non-hydrogen) atoms. The Balaban J connectivity index is 2.30. The van der Waals surface area contributed by atoms with Gasteiger partial charge in [0.2, 0.25) is 0 Å². The molecule has 1 N–H and O–H groups in total. The molecular formula is C13H17NO4S. The van der Waals surface area contributed by atoms with Crippen LogP contribution in [-0.4, -0.2) is 39.5 Å². The summed E-state index contributed by atoms with van der Waals surface area (Å²) in [7, 11) is -0.616. The van der Waals surface area contributed by atoms with Gasteiger partial charge in [0.05, 0.1) is 12.4 Å². The predicted molar refractivity (Wildman–Crippen MR) is 71.5 cm³/mol. The molecule has 0 heterocycles. The number of fused-ring (bicyclic) bond motifs is 1. The molecule has 0 aliphatic heterocycles. The van der Waals surface area contributed by atoms with Crippen molar-refractivity contribution in [1.29, 1.82) is 0 Å². The van der Waals surface area contributed by atoms with Crippen LogP contribution in [-0.2, 0) is 25.8 Å². The van der Waals surface area contributed by atoms with E-state index >= 15 is 0 Å². The number of esters is 1. The largest absolute Gasteiger partial charge is 0.468 e. The average molecular weight is 283 g/mol. The molecule has 2 unspecified atom stereocenters. The smallest absolute Gasteiger partial charge is 0.320 e. The minimum Gasteiger partial charge on any atom is -0.468 e. The minimum absolute atomic E-state index is 0.272. The van der Waals surface area contributed by atoms with Gasteiger partial charge < -0.3 is 10.1 Å². The first kappa shape index (κ1) is 14.0. The van der Waals surface area contributed by atoms with Crippen molar-refractivity contribution in [2.24, 2.45) is 0 Å². The number of sulfone groups is 1. The highest BCUT2D eigenvalue weighted by atomic mass is 32.2. The summed E-state index contributed by atoms with van der Waals surface area (Å²) in [6.07, 6.45) is 0.432. The molecule has 2 rings (SSSR count). The van der Waals surface area contributed by atoms with Crippen LogP contribution in [0.3, 0.4) is 0 Å². The highest BCUT2D eigenvalue weighted by Crippen LogP contribution is 2.35. The Morgan fingerprint density at radius 3 is 2.74 bits per heavy atom. The normalized spacial score (nSPS) is 22.0. The molecule has 2 atom stereocenters. The van der Waals surface area contributed by atoms with Crippen LogP contribution in [0.1, 0.15) is 17.2 Å². The van der Waals surface area contributed by atoms with Gasteiger partial charge in [-0.1, -0.05) is 24.3 Å². The monoisotopic (exact) mass is 283 g/mol. The molecule has 0 amide bonds. The maximum absolute atomic E-state index is 12.3. The Labute approximate surface area is 112 Å². The summed E-state index contributed by atoms with van der Waals surface area (Å²) < 4.78 is 29.1. The first-order chi connectivity index (χ1) is 8.99. The number of carbonyl (C=O) groups excluding carboxylic acids is 1. The summed E-state index contributed by atoms with van der Waals surface area (Å²) in [6, 6.07) is 7.35. The molecule has 0 spiro atoms. The van der Waals surface area contributed by atoms with E-state index in [-0.39, 0.29) is 6.04 Å². The molecule has 5 nitrogen and oxygen atoms in total. The van der Waals surface area contributed by atoms with E-state index in [1.54, 1.807) is 7.05 Å². The zero-order chi connectivity index (χ0) is 14.0. The molecule has 104 valence electrons. The topological polar surface area (TPSA) is 72.5 Å². The van der Waals surface area contributed by atoms with Gasteiger partial charge in [-0.15, -0.1) is 0 Å². The molecule has 6 heteroatoms. The van der Waals surface area contributed by atoms with Gasteiger partial charge in [-0.2, -0.15) is 0 Å². The number of carbonyl (C=O) groups is 1. The van der Waals surface area contributed by atoms with Crippen LogP contribution in [0, 0.1) is 0 Å². The third-order valence-corrected chi connectivity index (χ3v) is 5.50. The van der Waals surface area contributed by atoms with E-state index < -0.39 is 26.8 Å². The quantitative estimate of drug-likeness (QED) is 0.813. The second-order valence-corrected chi connectivity index (χ2v) is 6.81. The van der Waals surface area contributed by atoms with Crippen molar-refractivity contribution in [3.05, 3.63) is 35.4 Å². The summed E-state index contributed by atoms with van der Waals surface area (Å²) in [5.74, 6) is -1.29. The summed E-state index contributed by atoms with van der Waals surface area (Å²) >= 11 is 0. The summed E-state index contributed by atoms with van der Waals surface area (Å²) in [6.45, 7) is 0. The third kappa shape index (κ3) is 2.64. The molecule has 1 aromatic carbocycles. The fourth-order valence-electron chi connectivity index (χ4n) is 2.56. The molecule has 0 radical (unpaired) electrons. The van der Waals surface area contributed by atoms with Crippen LogP contribution in [0.2, 0.25) is 0 Å². The number of methoxy groups -OCH3 is 1. The molecule has 0 aromatic heterocycles. The van der Waals surface area contributed by atoms with Crippen molar-refractivity contribution in [2.75, 3.05) is 19.9 Å². The van der Waals surface area contributed by atoms with Gasteiger partial charge in [0.15, 0.2) is 9.84 Å². The van der Waals surface area contributed by atoms with Gasteiger partial charge in [0.25, 0.3) is 0 Å². The molecule has 0 bridgehead atoms. The van der Waals surface area contributed by atoms with Crippen molar-refractivity contribution in [3.8, 4) is 0 Å². The first-order valence-corrected chi connectivity index (χ1v) is 7.74. The van der Waals surface area contributed by atoms with Crippen molar-refractivity contribution in [3.63, 3.8) is 0 Å². The lowest BCUT2D eigenvalue weighted by Crippen LogP contribution is -2.36. The van der Waals surface area contributed by atoms with Gasteiger partial charge in [-0.25, -0.2) is 8.42 Å². The number of nitrogens with one attached hydrogen (secondary N) is 1. The van der Waals surface area contributed by atoms with E-state index in [9.17, 15) is 13.2 Å². The Morgan fingerprint density at radius 2 is 2.11 bits per heavy atom. The van der Waals surface area contributed by atoms with E-state index in [4.69, 9.17) is 0 Å². The molecule has 1 aliphatic rings. The van der Waals surface area contributed by atoms with Gasteiger partial charge in [-0.05, 0) is 24.6 Å². The van der Waals surface area contributed by atoms with E-state index in [2.05, 4.69) is 10.1 Å². The predicted octanol–water partition coefficient (Wildman–Crippen LogP) is 0.460. The maximum Gasteiger partial charge on any atom is 0.320 e. The van der Waals surface area contributed by atoms with E-state index in [0.717, 1.165) is 11.1 Å². The Kier molecular flexibility index (Phi) is 3.91. The van der Waals surface area contributed by atoms with Crippen molar-refractivity contribution in [1.82, 2.24) is 5.32 Å². The third-order valence-electron chi connectivity index (χ3n) is 3.50. The SMILES string of the molecule is CNC1c2ccccc2CC1S(=O)(=O)CC(=O)OC. The number of hydrogen-bond donors (Lipinski definition) is 1. The summed E-state index contributed by atoms with van der Waals surface area (Å²) in [4.78, 5) is 11.2. The molecule has 0 saturated heterocycles. The van der Waals surface area contributed by atoms with E-state index in [1.807, 2.05) is 24.3 Å². The fourth-order valence-corrected chi connectivity index (χ4v) is 4.36. The number of rotatable bonds is 4. The second kappa shape index (κ2) is 5.30. The highest BCUT2D eigenvalue weighted by Gasteiger charge is 2.40. The molecular weight excluding hydrogens is 266 g/mol. The van der Waals surface area contributed by atoms with Gasteiger partial charge >= 0.3 is 5.97 Å². The zero-order valence-corrected chi connectivity index (χ0v) is 11.7. The van der Waals surface area contributed by atoms with Crippen LogP contribution < -0.4 is 5.32 Å². The van der Waals surface area contributed by atoms with Crippen LogP contribution in [0.15, 0.2) is 24.3 Å². The lowest BCUT2D eigenvalue weighted by Gasteiger charge is -2.19. The Hall–Kier alpha value is -1.40. The average Bonchev–Trinajstić information content (AvgIpc) is 2.77. The van der Waals surface area contributed by atoms with Gasteiger partial charge in [0.1, 0.15) is 5.75 Å². The first-order valence-electron chi connectivity index (χ1n) is 6.03. The molecule has 1 aliphatic carbocycles. The molecule has 0 saturated carbocycles. The van der Waals surface area contributed by atoms with Crippen LogP contribution in [0.5, 0.6) is 0 Å². The Bertz CT molecular complexity index is 582. The van der Waals surface area contributed by atoms with Crippen molar-refractivity contribution >= 4 is 15.8 Å².